The van der Waals surface area contributed by atoms with Crippen LogP contribution in [0.1, 0.15) is 22.3 Å². The number of ether oxygens (including phenoxy) is 1. The Hall–Kier alpha value is -1.59. The largest absolute Gasteiger partial charge is 0.465 e. The van der Waals surface area contributed by atoms with E-state index in [9.17, 15) is 4.79 Å². The van der Waals surface area contributed by atoms with Crippen molar-refractivity contribution in [2.24, 2.45) is 0 Å². The van der Waals surface area contributed by atoms with E-state index >= 15 is 0 Å². The molecule has 0 saturated carbocycles. The average molecular weight is 279 g/mol. The Morgan fingerprint density at radius 2 is 1.95 bits per heavy atom. The molecule has 20 heavy (non-hydrogen) atoms. The first-order valence-corrected chi connectivity index (χ1v) is 6.74. The number of esters is 1. The Balaban J connectivity index is 2.72. The second-order valence-corrected chi connectivity index (χ2v) is 5.27. The molecule has 112 valence electrons. The molecule has 0 aliphatic rings. The van der Waals surface area contributed by atoms with Crippen LogP contribution in [-0.2, 0) is 11.3 Å². The van der Waals surface area contributed by atoms with Crippen molar-refractivity contribution in [3.8, 4) is 0 Å². The van der Waals surface area contributed by atoms with Crippen molar-refractivity contribution in [3.05, 3.63) is 29.3 Å². The standard InChI is InChI=1S/C15H25N3O2/c1-17(2)9-6-10-18(3)11-12-7-5-8-13(16)14(12)15(19)20-4/h5,7-8H,6,9-11,16H2,1-4H3. The maximum absolute atomic E-state index is 11.8. The highest BCUT2D eigenvalue weighted by atomic mass is 16.5. The summed E-state index contributed by atoms with van der Waals surface area (Å²) >= 11 is 0. The second-order valence-electron chi connectivity index (χ2n) is 5.27. The van der Waals surface area contributed by atoms with E-state index in [2.05, 4.69) is 23.9 Å². The lowest BCUT2D eigenvalue weighted by Gasteiger charge is -2.20. The van der Waals surface area contributed by atoms with E-state index in [-0.39, 0.29) is 5.97 Å². The summed E-state index contributed by atoms with van der Waals surface area (Å²) in [5.41, 5.74) is 7.74. The lowest BCUT2D eigenvalue weighted by atomic mass is 10.0. The Bertz CT molecular complexity index is 447. The molecule has 1 rings (SSSR count). The monoisotopic (exact) mass is 279 g/mol. The molecule has 0 aliphatic carbocycles. The molecular weight excluding hydrogens is 254 g/mol. The van der Waals surface area contributed by atoms with Crippen molar-refractivity contribution in [3.63, 3.8) is 0 Å². The first-order chi connectivity index (χ1) is 9.45. The van der Waals surface area contributed by atoms with E-state index in [0.717, 1.165) is 25.1 Å². The van der Waals surface area contributed by atoms with Crippen molar-refractivity contribution in [2.45, 2.75) is 13.0 Å². The number of nitrogens with two attached hydrogens (primary N) is 1. The van der Waals surface area contributed by atoms with Crippen LogP contribution in [0.2, 0.25) is 0 Å². The SMILES string of the molecule is COC(=O)c1c(N)cccc1CN(C)CCCN(C)C. The van der Waals surface area contributed by atoms with Gasteiger partial charge in [-0.25, -0.2) is 4.79 Å². The van der Waals surface area contributed by atoms with Gasteiger partial charge in [0.1, 0.15) is 0 Å². The predicted octanol–water partition coefficient (Wildman–Crippen LogP) is 1.44. The minimum absolute atomic E-state index is 0.375. The Kier molecular flexibility index (Phi) is 6.48. The summed E-state index contributed by atoms with van der Waals surface area (Å²) in [5.74, 6) is -0.375. The summed E-state index contributed by atoms with van der Waals surface area (Å²) in [6, 6.07) is 5.51. The molecular formula is C15H25N3O2. The van der Waals surface area contributed by atoms with E-state index in [1.807, 2.05) is 19.2 Å². The van der Waals surface area contributed by atoms with Gasteiger partial charge in [-0.15, -0.1) is 0 Å². The number of methoxy groups -OCH3 is 1. The van der Waals surface area contributed by atoms with Gasteiger partial charge in [0.2, 0.25) is 0 Å². The third-order valence-electron chi connectivity index (χ3n) is 3.16. The van der Waals surface area contributed by atoms with Gasteiger partial charge in [0.15, 0.2) is 0 Å². The molecule has 0 fully saturated rings. The molecule has 0 spiro atoms. The molecule has 0 aliphatic heterocycles. The van der Waals surface area contributed by atoms with Crippen LogP contribution in [0, 0.1) is 0 Å². The number of nitrogens with zero attached hydrogens (tertiary/aromatic N) is 2. The summed E-state index contributed by atoms with van der Waals surface area (Å²) < 4.78 is 4.81. The van der Waals surface area contributed by atoms with Crippen LogP contribution < -0.4 is 5.73 Å². The summed E-state index contributed by atoms with van der Waals surface area (Å²) in [4.78, 5) is 16.2. The maximum atomic E-state index is 11.8. The van der Waals surface area contributed by atoms with E-state index in [4.69, 9.17) is 10.5 Å². The topological polar surface area (TPSA) is 58.8 Å². The third-order valence-corrected chi connectivity index (χ3v) is 3.16. The highest BCUT2D eigenvalue weighted by Gasteiger charge is 2.16. The zero-order valence-electron chi connectivity index (χ0n) is 12.8. The number of anilines is 1. The molecule has 0 bridgehead atoms. The number of carbonyl (C=O) groups excluding carboxylic acids is 1. The first kappa shape index (κ1) is 16.5. The van der Waals surface area contributed by atoms with Gasteiger partial charge in [-0.3, -0.25) is 0 Å². The minimum Gasteiger partial charge on any atom is -0.465 e. The molecule has 0 heterocycles. The molecule has 0 radical (unpaired) electrons. The van der Waals surface area contributed by atoms with Crippen molar-refractivity contribution in [1.29, 1.82) is 0 Å². The predicted molar refractivity (Wildman–Crippen MR) is 81.7 cm³/mol. The summed E-state index contributed by atoms with van der Waals surface area (Å²) in [6.07, 6.45) is 1.08. The van der Waals surface area contributed by atoms with Crippen molar-refractivity contribution in [2.75, 3.05) is 47.1 Å². The number of carbonyl (C=O) groups is 1. The van der Waals surface area contributed by atoms with E-state index in [1.165, 1.54) is 7.11 Å². The Morgan fingerprint density at radius 3 is 2.55 bits per heavy atom. The van der Waals surface area contributed by atoms with Gasteiger partial charge in [0.05, 0.1) is 12.7 Å². The van der Waals surface area contributed by atoms with Crippen LogP contribution in [0.25, 0.3) is 0 Å². The van der Waals surface area contributed by atoms with Gasteiger partial charge in [-0.2, -0.15) is 0 Å². The van der Waals surface area contributed by atoms with Gasteiger partial charge < -0.3 is 20.3 Å². The van der Waals surface area contributed by atoms with Crippen LogP contribution in [-0.4, -0.2) is 57.1 Å². The van der Waals surface area contributed by atoms with E-state index < -0.39 is 0 Å². The van der Waals surface area contributed by atoms with Crippen LogP contribution in [0.5, 0.6) is 0 Å². The summed E-state index contributed by atoms with van der Waals surface area (Å²) in [7, 11) is 7.54. The van der Waals surface area contributed by atoms with Gasteiger partial charge in [-0.05, 0) is 52.3 Å². The smallest absolute Gasteiger partial charge is 0.340 e. The highest BCUT2D eigenvalue weighted by Crippen LogP contribution is 2.19. The number of nitrogen functional groups attached to an aromatic ring is 1. The zero-order valence-corrected chi connectivity index (χ0v) is 12.8. The molecule has 0 saturated heterocycles. The molecule has 5 heteroatoms. The lowest BCUT2D eigenvalue weighted by molar-refractivity contribution is 0.0599. The quantitative estimate of drug-likeness (QED) is 0.604. The van der Waals surface area contributed by atoms with Crippen LogP contribution in [0.4, 0.5) is 5.69 Å². The Morgan fingerprint density at radius 1 is 1.25 bits per heavy atom. The molecule has 2 N–H and O–H groups in total. The summed E-state index contributed by atoms with van der Waals surface area (Å²) in [6.45, 7) is 2.70. The van der Waals surface area contributed by atoms with Crippen molar-refractivity contribution >= 4 is 11.7 Å². The molecule has 1 aromatic rings. The molecule has 0 unspecified atom stereocenters. The molecule has 1 aromatic carbocycles. The number of benzene rings is 1. The molecule has 0 aromatic heterocycles. The Labute approximate surface area is 121 Å². The zero-order chi connectivity index (χ0) is 15.1. The fourth-order valence-corrected chi connectivity index (χ4v) is 2.13. The number of rotatable bonds is 7. The first-order valence-electron chi connectivity index (χ1n) is 6.74. The fraction of sp³-hybridized carbons (Fsp3) is 0.533. The van der Waals surface area contributed by atoms with Crippen LogP contribution >= 0.6 is 0 Å². The number of hydrogen-bond acceptors (Lipinski definition) is 5. The van der Waals surface area contributed by atoms with Crippen LogP contribution in [0.3, 0.4) is 0 Å². The van der Waals surface area contributed by atoms with E-state index in [1.54, 1.807) is 6.07 Å². The molecule has 0 amide bonds. The van der Waals surface area contributed by atoms with Crippen LogP contribution in [0.15, 0.2) is 18.2 Å². The van der Waals surface area contributed by atoms with Crippen molar-refractivity contribution in [1.82, 2.24) is 9.80 Å². The number of hydrogen-bond donors (Lipinski definition) is 1. The second kappa shape index (κ2) is 7.87. The maximum Gasteiger partial charge on any atom is 0.340 e. The third kappa shape index (κ3) is 4.83. The fourth-order valence-electron chi connectivity index (χ4n) is 2.13. The minimum atomic E-state index is -0.375. The average Bonchev–Trinajstić information content (AvgIpc) is 2.37. The lowest BCUT2D eigenvalue weighted by Crippen LogP contribution is -2.24. The van der Waals surface area contributed by atoms with Gasteiger partial charge in [0.25, 0.3) is 0 Å². The molecule has 0 atom stereocenters. The summed E-state index contributed by atoms with van der Waals surface area (Å²) in [5, 5.41) is 0. The normalized spacial score (nSPS) is 11.1. The van der Waals surface area contributed by atoms with Gasteiger partial charge >= 0.3 is 5.97 Å². The highest BCUT2D eigenvalue weighted by molar-refractivity contribution is 5.96. The van der Waals surface area contributed by atoms with Gasteiger partial charge in [-0.1, -0.05) is 12.1 Å². The molecule has 5 nitrogen and oxygen atoms in total. The van der Waals surface area contributed by atoms with Crippen molar-refractivity contribution < 1.29 is 9.53 Å². The van der Waals surface area contributed by atoms with E-state index in [0.29, 0.717) is 17.8 Å². The van der Waals surface area contributed by atoms with Gasteiger partial charge in [0, 0.05) is 12.2 Å².